The van der Waals surface area contributed by atoms with Crippen LogP contribution in [0.25, 0.3) is 0 Å². The van der Waals surface area contributed by atoms with Gasteiger partial charge in [-0.3, -0.25) is 4.79 Å². The van der Waals surface area contributed by atoms with Gasteiger partial charge in [-0.2, -0.15) is 0 Å². The first-order valence-electron chi connectivity index (χ1n) is 6.30. The van der Waals surface area contributed by atoms with Gasteiger partial charge in [-0.1, -0.05) is 24.4 Å². The highest BCUT2D eigenvalue weighted by Gasteiger charge is 2.10. The van der Waals surface area contributed by atoms with Crippen LogP contribution in [0.4, 0.5) is 5.69 Å². The molecule has 0 fully saturated rings. The lowest BCUT2D eigenvalue weighted by Crippen LogP contribution is -2.30. The van der Waals surface area contributed by atoms with Crippen LogP contribution in [-0.4, -0.2) is 35.4 Å². The second kappa shape index (κ2) is 7.21. The maximum atomic E-state index is 11.9. The molecule has 104 valence electrons. The van der Waals surface area contributed by atoms with Crippen molar-refractivity contribution in [1.29, 1.82) is 0 Å². The lowest BCUT2D eigenvalue weighted by molar-refractivity contribution is -0.116. The van der Waals surface area contributed by atoms with Crippen molar-refractivity contribution in [2.45, 2.75) is 26.3 Å². The number of benzene rings is 1. The summed E-state index contributed by atoms with van der Waals surface area (Å²) in [6, 6.07) is 7.72. The Hall–Kier alpha value is -1.46. The Morgan fingerprint density at radius 3 is 2.63 bits per heavy atom. The summed E-state index contributed by atoms with van der Waals surface area (Å²) in [4.78, 5) is 14.3. The number of thiocarbonyl (C=S) groups is 1. The molecular weight excluding hydrogens is 258 g/mol. The number of nitrogens with zero attached hydrogens (tertiary/aromatic N) is 1. The van der Waals surface area contributed by atoms with Crippen molar-refractivity contribution in [3.63, 3.8) is 0 Å². The summed E-state index contributed by atoms with van der Waals surface area (Å²) < 4.78 is 0. The lowest BCUT2D eigenvalue weighted by atomic mass is 10.1. The number of amides is 1. The first-order chi connectivity index (χ1) is 8.91. The van der Waals surface area contributed by atoms with Crippen LogP contribution >= 0.6 is 12.2 Å². The van der Waals surface area contributed by atoms with Crippen LogP contribution < -0.4 is 11.1 Å². The molecule has 1 aromatic carbocycles. The summed E-state index contributed by atoms with van der Waals surface area (Å²) in [5.74, 6) is -0.0313. The molecule has 1 rings (SSSR count). The second-order valence-electron chi connectivity index (χ2n) is 4.78. The van der Waals surface area contributed by atoms with Gasteiger partial charge in [0.25, 0.3) is 0 Å². The van der Waals surface area contributed by atoms with E-state index in [2.05, 4.69) is 24.1 Å². The monoisotopic (exact) mass is 279 g/mol. The summed E-state index contributed by atoms with van der Waals surface area (Å²) in [5, 5.41) is 2.85. The molecule has 1 amide bonds. The summed E-state index contributed by atoms with van der Waals surface area (Å²) in [6.07, 6.45) is 0.445. The van der Waals surface area contributed by atoms with E-state index in [0.29, 0.717) is 23.7 Å². The average Bonchev–Trinajstić information content (AvgIpc) is 2.36. The van der Waals surface area contributed by atoms with Crippen molar-refractivity contribution in [2.75, 3.05) is 18.9 Å². The number of nitrogens with one attached hydrogen (secondary N) is 1. The quantitative estimate of drug-likeness (QED) is 0.782. The van der Waals surface area contributed by atoms with E-state index >= 15 is 0 Å². The van der Waals surface area contributed by atoms with Gasteiger partial charge in [-0.15, -0.1) is 0 Å². The number of hydrogen-bond acceptors (Lipinski definition) is 3. The zero-order valence-electron chi connectivity index (χ0n) is 11.6. The van der Waals surface area contributed by atoms with Gasteiger partial charge in [0.1, 0.15) is 4.99 Å². The lowest BCUT2D eigenvalue weighted by Gasteiger charge is -2.20. The molecule has 0 aliphatic carbocycles. The first kappa shape index (κ1) is 15.6. The van der Waals surface area contributed by atoms with Crippen LogP contribution in [0.5, 0.6) is 0 Å². The molecule has 19 heavy (non-hydrogen) atoms. The molecule has 3 N–H and O–H groups in total. The van der Waals surface area contributed by atoms with Crippen molar-refractivity contribution in [1.82, 2.24) is 4.90 Å². The van der Waals surface area contributed by atoms with E-state index in [4.69, 9.17) is 18.0 Å². The van der Waals surface area contributed by atoms with Gasteiger partial charge in [0.2, 0.25) is 5.91 Å². The molecule has 0 atom stereocenters. The smallest absolute Gasteiger partial charge is 0.225 e. The molecule has 0 aliphatic rings. The highest BCUT2D eigenvalue weighted by atomic mass is 32.1. The maximum Gasteiger partial charge on any atom is 0.225 e. The van der Waals surface area contributed by atoms with E-state index in [1.54, 1.807) is 12.1 Å². The minimum absolute atomic E-state index is 0.0313. The maximum absolute atomic E-state index is 11.9. The fraction of sp³-hybridized carbons (Fsp3) is 0.429. The highest BCUT2D eigenvalue weighted by Crippen LogP contribution is 2.15. The Balaban J connectivity index is 2.60. The summed E-state index contributed by atoms with van der Waals surface area (Å²) >= 11 is 4.96. The number of carbonyl (C=O) groups excluding carboxylic acids is 1. The molecule has 0 aliphatic heterocycles. The van der Waals surface area contributed by atoms with Crippen molar-refractivity contribution in [3.8, 4) is 0 Å². The van der Waals surface area contributed by atoms with Crippen LogP contribution in [0.3, 0.4) is 0 Å². The van der Waals surface area contributed by atoms with Gasteiger partial charge in [0.15, 0.2) is 0 Å². The van der Waals surface area contributed by atoms with Gasteiger partial charge in [0.05, 0.1) is 5.69 Å². The predicted molar refractivity (Wildman–Crippen MR) is 83.3 cm³/mol. The van der Waals surface area contributed by atoms with Gasteiger partial charge >= 0.3 is 0 Å². The molecule has 0 saturated carbocycles. The zero-order chi connectivity index (χ0) is 14.4. The number of carbonyl (C=O) groups is 1. The third kappa shape index (κ3) is 4.96. The van der Waals surface area contributed by atoms with Crippen molar-refractivity contribution >= 4 is 28.8 Å². The molecular formula is C14H21N3OS. The van der Waals surface area contributed by atoms with Gasteiger partial charge in [-0.05, 0) is 33.0 Å². The highest BCUT2D eigenvalue weighted by molar-refractivity contribution is 7.80. The van der Waals surface area contributed by atoms with Crippen LogP contribution in [0.2, 0.25) is 0 Å². The van der Waals surface area contributed by atoms with E-state index in [-0.39, 0.29) is 10.9 Å². The third-order valence-corrected chi connectivity index (χ3v) is 3.26. The van der Waals surface area contributed by atoms with Crippen LogP contribution in [0.15, 0.2) is 24.3 Å². The van der Waals surface area contributed by atoms with Gasteiger partial charge < -0.3 is 16.0 Å². The molecule has 1 aromatic rings. The fourth-order valence-corrected chi connectivity index (χ4v) is 1.73. The first-order valence-corrected chi connectivity index (χ1v) is 6.71. The average molecular weight is 279 g/mol. The minimum Gasteiger partial charge on any atom is -0.389 e. The Kier molecular flexibility index (Phi) is 5.92. The Morgan fingerprint density at radius 2 is 2.05 bits per heavy atom. The Bertz CT molecular complexity index is 460. The number of rotatable bonds is 6. The zero-order valence-corrected chi connectivity index (χ0v) is 12.5. The van der Waals surface area contributed by atoms with E-state index in [1.165, 1.54) is 0 Å². The normalized spacial score (nSPS) is 10.8. The number of para-hydroxylation sites is 1. The molecule has 4 nitrogen and oxygen atoms in total. The molecule has 0 saturated heterocycles. The van der Waals surface area contributed by atoms with Crippen molar-refractivity contribution in [3.05, 3.63) is 29.8 Å². The van der Waals surface area contributed by atoms with Gasteiger partial charge in [-0.25, -0.2) is 0 Å². The Labute approximate surface area is 120 Å². The van der Waals surface area contributed by atoms with Crippen molar-refractivity contribution in [2.24, 2.45) is 5.73 Å². The van der Waals surface area contributed by atoms with E-state index < -0.39 is 0 Å². The summed E-state index contributed by atoms with van der Waals surface area (Å²) in [5.41, 5.74) is 6.99. The SMILES string of the molecule is CC(C)N(C)CCC(=O)Nc1ccccc1C(N)=S. The number of anilines is 1. The Morgan fingerprint density at radius 1 is 1.42 bits per heavy atom. The standard InChI is InChI=1S/C14H21N3OS/c1-10(2)17(3)9-8-13(18)16-12-7-5-4-6-11(12)14(15)19/h4-7,10H,8-9H2,1-3H3,(H2,15,19)(H,16,18). The van der Waals surface area contributed by atoms with Gasteiger partial charge in [0, 0.05) is 24.6 Å². The molecule has 0 bridgehead atoms. The minimum atomic E-state index is -0.0313. The second-order valence-corrected chi connectivity index (χ2v) is 5.22. The van der Waals surface area contributed by atoms with Crippen LogP contribution in [-0.2, 0) is 4.79 Å². The molecule has 0 unspecified atom stereocenters. The fourth-order valence-electron chi connectivity index (χ4n) is 1.56. The largest absolute Gasteiger partial charge is 0.389 e. The molecule has 0 heterocycles. The number of nitrogens with two attached hydrogens (primary N) is 1. The molecule has 0 aromatic heterocycles. The third-order valence-electron chi connectivity index (χ3n) is 3.04. The predicted octanol–water partition coefficient (Wildman–Crippen LogP) is 1.99. The number of hydrogen-bond donors (Lipinski definition) is 2. The van der Waals surface area contributed by atoms with E-state index in [0.717, 1.165) is 6.54 Å². The molecule has 0 spiro atoms. The molecule has 5 heteroatoms. The topological polar surface area (TPSA) is 58.4 Å². The van der Waals surface area contributed by atoms with Crippen LogP contribution in [0.1, 0.15) is 25.8 Å². The van der Waals surface area contributed by atoms with E-state index in [9.17, 15) is 4.79 Å². The summed E-state index contributed by atoms with van der Waals surface area (Å²) in [7, 11) is 2.00. The van der Waals surface area contributed by atoms with Crippen LogP contribution in [0, 0.1) is 0 Å². The van der Waals surface area contributed by atoms with Crippen molar-refractivity contribution < 1.29 is 4.79 Å². The summed E-state index contributed by atoms with van der Waals surface area (Å²) in [6.45, 7) is 4.92. The molecule has 0 radical (unpaired) electrons. The van der Waals surface area contributed by atoms with E-state index in [1.807, 2.05) is 19.2 Å².